The molecule has 6 heteroatoms. The van der Waals surface area contributed by atoms with Gasteiger partial charge in [-0.05, 0) is 62.4 Å². The summed E-state index contributed by atoms with van der Waals surface area (Å²) in [6.07, 6.45) is 0. The molecule has 0 spiro atoms. The van der Waals surface area contributed by atoms with Crippen molar-refractivity contribution in [3.63, 3.8) is 0 Å². The highest BCUT2D eigenvalue weighted by Gasteiger charge is 2.21. The van der Waals surface area contributed by atoms with Gasteiger partial charge in [0.25, 0.3) is 5.91 Å². The third-order valence-electron chi connectivity index (χ3n) is 4.24. The highest BCUT2D eigenvalue weighted by molar-refractivity contribution is 5.94. The maximum atomic E-state index is 13.1. The Labute approximate surface area is 157 Å². The lowest BCUT2D eigenvalue weighted by Crippen LogP contribution is -2.36. The Bertz CT molecular complexity index is 902. The second-order valence-electron chi connectivity index (χ2n) is 6.44. The van der Waals surface area contributed by atoms with Crippen molar-refractivity contribution in [2.75, 3.05) is 7.11 Å². The number of ether oxygens (including phenoxy) is 1. The molecule has 0 aliphatic rings. The summed E-state index contributed by atoms with van der Waals surface area (Å²) in [6.45, 7) is 4.14. The zero-order valence-corrected chi connectivity index (χ0v) is 15.5. The lowest BCUT2D eigenvalue weighted by molar-refractivity contribution is 0.0686. The van der Waals surface area contributed by atoms with E-state index in [4.69, 9.17) is 9.26 Å². The molecule has 0 aliphatic heterocycles. The Morgan fingerprint density at radius 2 is 1.81 bits per heavy atom. The number of amides is 1. The summed E-state index contributed by atoms with van der Waals surface area (Å²) in [5.41, 5.74) is 1.95. The summed E-state index contributed by atoms with van der Waals surface area (Å²) >= 11 is 0. The van der Waals surface area contributed by atoms with Gasteiger partial charge in [0.15, 0.2) is 5.76 Å². The van der Waals surface area contributed by atoms with E-state index in [1.807, 2.05) is 44.2 Å². The molecule has 2 aromatic carbocycles. The van der Waals surface area contributed by atoms with Crippen molar-refractivity contribution in [3.8, 4) is 17.1 Å². The predicted molar refractivity (Wildman–Crippen MR) is 99.9 cm³/mol. The van der Waals surface area contributed by atoms with Crippen LogP contribution in [0.15, 0.2) is 59.1 Å². The van der Waals surface area contributed by atoms with Crippen LogP contribution in [0, 0.1) is 5.82 Å². The summed E-state index contributed by atoms with van der Waals surface area (Å²) in [5.74, 6) is 0.822. The largest absolute Gasteiger partial charge is 0.497 e. The van der Waals surface area contributed by atoms with E-state index >= 15 is 0 Å². The van der Waals surface area contributed by atoms with Crippen LogP contribution in [0.1, 0.15) is 29.9 Å². The van der Waals surface area contributed by atoms with Crippen LogP contribution in [0.4, 0.5) is 4.39 Å². The van der Waals surface area contributed by atoms with Gasteiger partial charge in [-0.3, -0.25) is 4.79 Å². The first kappa shape index (κ1) is 18.6. The molecule has 0 atom stereocenters. The SMILES string of the molecule is COc1ccc(-c2cc(CN(C(=O)c3ccc(F)cc3)C(C)C)no2)cc1. The second kappa shape index (κ2) is 8.03. The van der Waals surface area contributed by atoms with Crippen LogP contribution >= 0.6 is 0 Å². The van der Waals surface area contributed by atoms with Gasteiger partial charge in [0.1, 0.15) is 17.3 Å². The van der Waals surface area contributed by atoms with Gasteiger partial charge in [-0.15, -0.1) is 0 Å². The first-order valence-electron chi connectivity index (χ1n) is 8.64. The van der Waals surface area contributed by atoms with Crippen molar-refractivity contribution in [2.45, 2.75) is 26.4 Å². The molecule has 0 radical (unpaired) electrons. The number of hydrogen-bond acceptors (Lipinski definition) is 4. The molecule has 0 bridgehead atoms. The molecular formula is C21H21FN2O3. The van der Waals surface area contributed by atoms with E-state index in [2.05, 4.69) is 5.16 Å². The average Bonchev–Trinajstić information content (AvgIpc) is 3.15. The zero-order valence-electron chi connectivity index (χ0n) is 15.5. The monoisotopic (exact) mass is 368 g/mol. The Balaban J connectivity index is 1.78. The number of rotatable bonds is 6. The summed E-state index contributed by atoms with van der Waals surface area (Å²) in [6, 6.07) is 14.7. The lowest BCUT2D eigenvalue weighted by Gasteiger charge is -2.25. The Morgan fingerprint density at radius 1 is 1.15 bits per heavy atom. The van der Waals surface area contributed by atoms with Crippen LogP contribution in [-0.2, 0) is 6.54 Å². The smallest absolute Gasteiger partial charge is 0.254 e. The Kier molecular flexibility index (Phi) is 5.54. The predicted octanol–water partition coefficient (Wildman–Crippen LogP) is 4.54. The van der Waals surface area contributed by atoms with Crippen molar-refractivity contribution >= 4 is 5.91 Å². The number of aromatic nitrogens is 1. The first-order valence-corrected chi connectivity index (χ1v) is 8.64. The second-order valence-corrected chi connectivity index (χ2v) is 6.44. The van der Waals surface area contributed by atoms with Gasteiger partial charge < -0.3 is 14.2 Å². The first-order chi connectivity index (χ1) is 13.0. The fraction of sp³-hybridized carbons (Fsp3) is 0.238. The van der Waals surface area contributed by atoms with E-state index in [1.54, 1.807) is 12.0 Å². The minimum Gasteiger partial charge on any atom is -0.497 e. The molecule has 1 amide bonds. The third kappa shape index (κ3) is 4.34. The summed E-state index contributed by atoms with van der Waals surface area (Å²) < 4.78 is 23.7. The minimum absolute atomic E-state index is 0.0521. The fourth-order valence-corrected chi connectivity index (χ4v) is 2.70. The van der Waals surface area contributed by atoms with Crippen molar-refractivity contribution < 1.29 is 18.4 Å². The van der Waals surface area contributed by atoms with Gasteiger partial charge in [0.2, 0.25) is 0 Å². The molecule has 27 heavy (non-hydrogen) atoms. The lowest BCUT2D eigenvalue weighted by atomic mass is 10.1. The maximum absolute atomic E-state index is 13.1. The quantitative estimate of drug-likeness (QED) is 0.641. The number of hydrogen-bond donors (Lipinski definition) is 0. The molecule has 3 aromatic rings. The van der Waals surface area contributed by atoms with Crippen molar-refractivity contribution in [3.05, 3.63) is 71.7 Å². The van der Waals surface area contributed by atoms with E-state index in [0.717, 1.165) is 11.3 Å². The molecular weight excluding hydrogens is 347 g/mol. The molecule has 3 rings (SSSR count). The molecule has 140 valence electrons. The number of carbonyl (C=O) groups excluding carboxylic acids is 1. The average molecular weight is 368 g/mol. The van der Waals surface area contributed by atoms with E-state index in [1.165, 1.54) is 24.3 Å². The summed E-state index contributed by atoms with van der Waals surface area (Å²) in [7, 11) is 1.61. The van der Waals surface area contributed by atoms with E-state index in [9.17, 15) is 9.18 Å². The molecule has 0 fully saturated rings. The highest BCUT2D eigenvalue weighted by Crippen LogP contribution is 2.24. The van der Waals surface area contributed by atoms with Crippen LogP contribution in [0.25, 0.3) is 11.3 Å². The number of carbonyl (C=O) groups is 1. The molecule has 0 aliphatic carbocycles. The van der Waals surface area contributed by atoms with Crippen LogP contribution < -0.4 is 4.74 Å². The Morgan fingerprint density at radius 3 is 2.41 bits per heavy atom. The number of nitrogens with zero attached hydrogens (tertiary/aromatic N) is 2. The van der Waals surface area contributed by atoms with E-state index in [-0.39, 0.29) is 17.8 Å². The third-order valence-corrected chi connectivity index (χ3v) is 4.24. The number of benzene rings is 2. The maximum Gasteiger partial charge on any atom is 0.254 e. The number of methoxy groups -OCH3 is 1. The molecule has 5 nitrogen and oxygen atoms in total. The van der Waals surface area contributed by atoms with Gasteiger partial charge in [-0.1, -0.05) is 5.16 Å². The van der Waals surface area contributed by atoms with Crippen LogP contribution in [0.3, 0.4) is 0 Å². The normalized spacial score (nSPS) is 10.9. The standard InChI is InChI=1S/C21H21FN2O3/c1-14(2)24(21(25)16-4-8-17(22)9-5-16)13-18-12-20(27-23-18)15-6-10-19(26-3)11-7-15/h4-12,14H,13H2,1-3H3. The molecule has 0 saturated heterocycles. The number of halogens is 1. The minimum atomic E-state index is -0.372. The van der Waals surface area contributed by atoms with Crippen molar-refractivity contribution in [1.29, 1.82) is 0 Å². The summed E-state index contributed by atoms with van der Waals surface area (Å²) in [5, 5.41) is 4.09. The van der Waals surface area contributed by atoms with E-state index in [0.29, 0.717) is 23.6 Å². The van der Waals surface area contributed by atoms with Gasteiger partial charge in [-0.25, -0.2) is 4.39 Å². The van der Waals surface area contributed by atoms with E-state index < -0.39 is 0 Å². The zero-order chi connectivity index (χ0) is 19.4. The van der Waals surface area contributed by atoms with Crippen LogP contribution in [0.5, 0.6) is 5.75 Å². The van der Waals surface area contributed by atoms with Gasteiger partial charge >= 0.3 is 0 Å². The fourth-order valence-electron chi connectivity index (χ4n) is 2.70. The van der Waals surface area contributed by atoms with Crippen molar-refractivity contribution in [2.24, 2.45) is 0 Å². The van der Waals surface area contributed by atoms with Gasteiger partial charge in [0, 0.05) is 23.2 Å². The molecule has 0 N–H and O–H groups in total. The van der Waals surface area contributed by atoms with Gasteiger partial charge in [-0.2, -0.15) is 0 Å². The highest BCUT2D eigenvalue weighted by atomic mass is 19.1. The topological polar surface area (TPSA) is 55.6 Å². The summed E-state index contributed by atoms with van der Waals surface area (Å²) in [4.78, 5) is 14.5. The molecule has 1 heterocycles. The van der Waals surface area contributed by atoms with Crippen LogP contribution in [-0.4, -0.2) is 29.1 Å². The molecule has 0 saturated carbocycles. The van der Waals surface area contributed by atoms with Gasteiger partial charge in [0.05, 0.1) is 13.7 Å². The van der Waals surface area contributed by atoms with Crippen LogP contribution in [0.2, 0.25) is 0 Å². The molecule has 1 aromatic heterocycles. The van der Waals surface area contributed by atoms with Crippen molar-refractivity contribution in [1.82, 2.24) is 10.1 Å². The molecule has 0 unspecified atom stereocenters. The Hall–Kier alpha value is -3.15.